The van der Waals surface area contributed by atoms with Gasteiger partial charge in [-0.25, -0.2) is 0 Å². The Balaban J connectivity index is 2.03. The van der Waals surface area contributed by atoms with E-state index in [0.29, 0.717) is 6.10 Å². The predicted molar refractivity (Wildman–Crippen MR) is 65.5 cm³/mol. The van der Waals surface area contributed by atoms with E-state index < -0.39 is 0 Å². The molecule has 1 aliphatic heterocycles. The van der Waals surface area contributed by atoms with Crippen molar-refractivity contribution in [3.8, 4) is 0 Å². The molecule has 4 heteroatoms. The predicted octanol–water partition coefficient (Wildman–Crippen LogP) is 1.67. The van der Waals surface area contributed by atoms with Crippen LogP contribution >= 0.6 is 0 Å². The lowest BCUT2D eigenvalue weighted by atomic mass is 10.1. The topological polar surface area (TPSA) is 51.4 Å². The Morgan fingerprint density at radius 2 is 2.44 bits per heavy atom. The molecule has 0 amide bonds. The highest BCUT2D eigenvalue weighted by Crippen LogP contribution is 2.21. The molecule has 2 rings (SSSR count). The van der Waals surface area contributed by atoms with Crippen LogP contribution in [0.3, 0.4) is 0 Å². The quantitative estimate of drug-likeness (QED) is 0.843. The van der Waals surface area contributed by atoms with Gasteiger partial charge in [0.05, 0.1) is 23.7 Å². The summed E-state index contributed by atoms with van der Waals surface area (Å²) >= 11 is 0. The second-order valence-electron chi connectivity index (χ2n) is 4.14. The van der Waals surface area contributed by atoms with Crippen LogP contribution in [0.25, 0.3) is 0 Å². The summed E-state index contributed by atoms with van der Waals surface area (Å²) in [6.07, 6.45) is 6.21. The number of nitrogens with two attached hydrogens (primary N) is 1. The molecule has 2 N–H and O–H groups in total. The molecule has 0 saturated carbocycles. The molecular formula is C12H19N3O. The maximum Gasteiger partial charge on any atom is 0.0750 e. The lowest BCUT2D eigenvalue weighted by Gasteiger charge is -2.34. The Bertz CT molecular complexity index is 341. The van der Waals surface area contributed by atoms with Gasteiger partial charge in [0, 0.05) is 25.9 Å². The molecule has 1 aromatic heterocycles. The highest BCUT2D eigenvalue weighted by atomic mass is 16.5. The van der Waals surface area contributed by atoms with Gasteiger partial charge in [-0.05, 0) is 25.8 Å². The van der Waals surface area contributed by atoms with Crippen LogP contribution < -0.4 is 10.6 Å². The molecule has 2 heterocycles. The normalized spacial score (nSPS) is 21.1. The van der Waals surface area contributed by atoms with Crippen molar-refractivity contribution in [3.05, 3.63) is 18.5 Å². The molecule has 1 fully saturated rings. The summed E-state index contributed by atoms with van der Waals surface area (Å²) in [5, 5.41) is 0. The summed E-state index contributed by atoms with van der Waals surface area (Å²) in [5.74, 6) is 0. The third-order valence-corrected chi connectivity index (χ3v) is 2.89. The number of rotatable bonds is 3. The average Bonchev–Trinajstić information content (AvgIpc) is 2.30. The first kappa shape index (κ1) is 11.2. The summed E-state index contributed by atoms with van der Waals surface area (Å²) < 4.78 is 5.67. The fraction of sp³-hybridized carbons (Fsp3) is 0.583. The highest BCUT2D eigenvalue weighted by molar-refractivity contribution is 5.53. The van der Waals surface area contributed by atoms with Gasteiger partial charge in [0.2, 0.25) is 0 Å². The van der Waals surface area contributed by atoms with Crippen LogP contribution in [0, 0.1) is 0 Å². The van der Waals surface area contributed by atoms with Crippen molar-refractivity contribution < 1.29 is 4.74 Å². The van der Waals surface area contributed by atoms with Crippen LogP contribution in [0.1, 0.15) is 19.8 Å². The number of piperidine rings is 1. The van der Waals surface area contributed by atoms with Crippen LogP contribution in [0.15, 0.2) is 18.5 Å². The molecule has 1 aromatic rings. The van der Waals surface area contributed by atoms with E-state index in [2.05, 4.69) is 9.88 Å². The van der Waals surface area contributed by atoms with Crippen molar-refractivity contribution in [3.63, 3.8) is 0 Å². The van der Waals surface area contributed by atoms with E-state index in [-0.39, 0.29) is 0 Å². The summed E-state index contributed by atoms with van der Waals surface area (Å²) in [6, 6.07) is 1.97. The standard InChI is InChI=1S/C12H19N3O/c1-2-16-12-4-3-5-15(9-12)11-6-10(13)7-14-8-11/h6-8,12H,2-5,9,13H2,1H3. The molecule has 1 unspecified atom stereocenters. The number of hydrogen-bond donors (Lipinski definition) is 1. The molecule has 88 valence electrons. The third-order valence-electron chi connectivity index (χ3n) is 2.89. The summed E-state index contributed by atoms with van der Waals surface area (Å²) in [4.78, 5) is 6.42. The Labute approximate surface area is 96.4 Å². The number of nitrogen functional groups attached to an aromatic ring is 1. The molecule has 1 aliphatic rings. The summed E-state index contributed by atoms with van der Waals surface area (Å²) in [6.45, 7) is 4.84. The summed E-state index contributed by atoms with van der Waals surface area (Å²) in [5.41, 5.74) is 7.56. The number of ether oxygens (including phenoxy) is 1. The molecule has 0 radical (unpaired) electrons. The second-order valence-corrected chi connectivity index (χ2v) is 4.14. The summed E-state index contributed by atoms with van der Waals surface area (Å²) in [7, 11) is 0. The van der Waals surface area contributed by atoms with Crippen LogP contribution in [-0.4, -0.2) is 30.8 Å². The SMILES string of the molecule is CCOC1CCCN(c2cncc(N)c2)C1. The minimum atomic E-state index is 0.347. The molecule has 1 atom stereocenters. The van der Waals surface area contributed by atoms with Crippen molar-refractivity contribution in [1.82, 2.24) is 4.98 Å². The van der Waals surface area contributed by atoms with Gasteiger partial charge in [0.1, 0.15) is 0 Å². The van der Waals surface area contributed by atoms with Gasteiger partial charge in [-0.15, -0.1) is 0 Å². The van der Waals surface area contributed by atoms with Crippen LogP contribution in [0.4, 0.5) is 11.4 Å². The molecule has 16 heavy (non-hydrogen) atoms. The minimum Gasteiger partial charge on any atom is -0.397 e. The zero-order valence-electron chi connectivity index (χ0n) is 9.72. The zero-order valence-corrected chi connectivity index (χ0v) is 9.72. The molecule has 1 saturated heterocycles. The Morgan fingerprint density at radius 1 is 1.56 bits per heavy atom. The Hall–Kier alpha value is -1.29. The van der Waals surface area contributed by atoms with Crippen LogP contribution in [-0.2, 0) is 4.74 Å². The van der Waals surface area contributed by atoms with Crippen molar-refractivity contribution in [2.75, 3.05) is 30.3 Å². The smallest absolute Gasteiger partial charge is 0.0750 e. The van der Waals surface area contributed by atoms with E-state index in [9.17, 15) is 0 Å². The van der Waals surface area contributed by atoms with Gasteiger partial charge in [-0.2, -0.15) is 0 Å². The van der Waals surface area contributed by atoms with E-state index in [0.717, 1.165) is 37.5 Å². The van der Waals surface area contributed by atoms with Gasteiger partial charge in [0.25, 0.3) is 0 Å². The second kappa shape index (κ2) is 5.16. The maximum absolute atomic E-state index is 5.74. The van der Waals surface area contributed by atoms with E-state index in [4.69, 9.17) is 10.5 Å². The Morgan fingerprint density at radius 3 is 3.19 bits per heavy atom. The van der Waals surface area contributed by atoms with E-state index in [1.165, 1.54) is 6.42 Å². The molecular weight excluding hydrogens is 202 g/mol. The largest absolute Gasteiger partial charge is 0.397 e. The number of hydrogen-bond acceptors (Lipinski definition) is 4. The first-order valence-electron chi connectivity index (χ1n) is 5.86. The average molecular weight is 221 g/mol. The van der Waals surface area contributed by atoms with Gasteiger partial charge in [-0.3, -0.25) is 4.98 Å². The number of pyridine rings is 1. The lowest BCUT2D eigenvalue weighted by molar-refractivity contribution is 0.0526. The van der Waals surface area contributed by atoms with E-state index >= 15 is 0 Å². The van der Waals surface area contributed by atoms with Crippen molar-refractivity contribution in [2.45, 2.75) is 25.9 Å². The van der Waals surface area contributed by atoms with Gasteiger partial charge >= 0.3 is 0 Å². The fourth-order valence-corrected chi connectivity index (χ4v) is 2.16. The minimum absolute atomic E-state index is 0.347. The molecule has 0 bridgehead atoms. The van der Waals surface area contributed by atoms with Gasteiger partial charge < -0.3 is 15.4 Å². The van der Waals surface area contributed by atoms with Gasteiger partial charge in [-0.1, -0.05) is 0 Å². The van der Waals surface area contributed by atoms with Crippen molar-refractivity contribution >= 4 is 11.4 Å². The maximum atomic E-state index is 5.74. The lowest BCUT2D eigenvalue weighted by Crippen LogP contribution is -2.39. The molecule has 0 aliphatic carbocycles. The number of aromatic nitrogens is 1. The van der Waals surface area contributed by atoms with Crippen LogP contribution in [0.5, 0.6) is 0 Å². The first-order chi connectivity index (χ1) is 7.79. The highest BCUT2D eigenvalue weighted by Gasteiger charge is 2.20. The van der Waals surface area contributed by atoms with Crippen molar-refractivity contribution in [2.24, 2.45) is 0 Å². The fourth-order valence-electron chi connectivity index (χ4n) is 2.16. The molecule has 0 spiro atoms. The molecule has 0 aromatic carbocycles. The Kier molecular flexibility index (Phi) is 3.62. The first-order valence-corrected chi connectivity index (χ1v) is 5.86. The zero-order chi connectivity index (χ0) is 11.4. The number of anilines is 2. The van der Waals surface area contributed by atoms with Crippen LogP contribution in [0.2, 0.25) is 0 Å². The van der Waals surface area contributed by atoms with Crippen molar-refractivity contribution in [1.29, 1.82) is 0 Å². The van der Waals surface area contributed by atoms with E-state index in [1.807, 2.05) is 19.2 Å². The number of nitrogens with zero attached hydrogens (tertiary/aromatic N) is 2. The van der Waals surface area contributed by atoms with Gasteiger partial charge in [0.15, 0.2) is 0 Å². The molecule has 4 nitrogen and oxygen atoms in total. The third kappa shape index (κ3) is 2.64. The van der Waals surface area contributed by atoms with E-state index in [1.54, 1.807) is 6.20 Å². The monoisotopic (exact) mass is 221 g/mol.